The van der Waals surface area contributed by atoms with Gasteiger partial charge in [0, 0.05) is 53.0 Å². The van der Waals surface area contributed by atoms with Gasteiger partial charge >= 0.3 is 0 Å². The second-order valence-corrected chi connectivity index (χ2v) is 31.5. The molecule has 18 atom stereocenters. The van der Waals surface area contributed by atoms with Crippen LogP contribution >= 0.6 is 34.8 Å². The fraction of sp³-hybridized carbons (Fsp3) is 0.366. The summed E-state index contributed by atoms with van der Waals surface area (Å²) < 4.78 is 39.5. The lowest BCUT2D eigenvalue weighted by atomic mass is 9.84. The third kappa shape index (κ3) is 20.4. The first kappa shape index (κ1) is 89.9. The van der Waals surface area contributed by atoms with Gasteiger partial charge in [-0.15, -0.1) is 0 Å². The number of hydroxylamine groups is 1. The van der Waals surface area contributed by atoms with Gasteiger partial charge in [-0.3, -0.25) is 53.0 Å². The van der Waals surface area contributed by atoms with Gasteiger partial charge in [0.2, 0.25) is 59.3 Å². The highest BCUT2D eigenvalue weighted by atomic mass is 35.5. The van der Waals surface area contributed by atoms with Crippen molar-refractivity contribution in [2.24, 2.45) is 11.7 Å². The standard InChI is InChI=1S/C82H89Cl3N12O25/c1-34(2)19-49(87-5)74(109)95-65-67(104)39-11-16-53(47(84)22-39)118-55-24-41-25-56(71(55)122-81-72(70(107)69(106)57(33-98)120-81)121-60-29-82(4,73(108)35(3)117-60)89-31-37-20-43(32-88-30-37)90-59(103)18-9-36-7-13-42(83)14-8-36)119-54-17-12-40(23-48(54)85)68(105)66-79(114)94-64(80(115)97-116-6)46-26-44(99)27-52(101)61(46)45-21-38(10-15-51(45)100)62(76(111)96-66)93-77(112)63(41)92-75(110)50(28-58(86)102)91-78(65)113/h7-18,20-27,30,32,34-35,49-50,57,60,62-70,72-73,81,87,89,98-101,104-108H,19,28-29,31,33H2,1-6H3,(H2,86,102)(H,90,103)(H,91,113)(H,92,110)(H,93,112)(H,94,114)(H,95,109)(H,96,111)(H,97,115)/b18-9+. The van der Waals surface area contributed by atoms with E-state index >= 15 is 24.0 Å². The van der Waals surface area contributed by atoms with Crippen LogP contribution in [0, 0.1) is 5.92 Å². The predicted molar refractivity (Wildman–Crippen MR) is 433 cm³/mol. The van der Waals surface area contributed by atoms with Gasteiger partial charge in [0.05, 0.1) is 60.3 Å². The Balaban J connectivity index is 1.02. The first-order valence-corrected chi connectivity index (χ1v) is 39.4. The number of carbonyl (C=O) groups is 9. The minimum atomic E-state index is -2.38. The number of aromatic hydroxyl groups is 3. The molecule has 37 nitrogen and oxygen atoms in total. The van der Waals surface area contributed by atoms with Gasteiger partial charge in [0.1, 0.15) is 95.5 Å². The van der Waals surface area contributed by atoms with Crippen LogP contribution in [0.15, 0.2) is 128 Å². The van der Waals surface area contributed by atoms with Gasteiger partial charge in [0.25, 0.3) is 5.91 Å². The molecular weight excluding hydrogens is 1660 g/mol. The average Bonchev–Trinajstić information content (AvgIpc) is 0.758. The number of likely N-dealkylation sites (N-methyl/N-ethyl adjacent to an activating group) is 1. The third-order valence-corrected chi connectivity index (χ3v) is 21.9. The Bertz CT molecular complexity index is 5190. The summed E-state index contributed by atoms with van der Waals surface area (Å²) in [4.78, 5) is 142. The van der Waals surface area contributed by atoms with Crippen LogP contribution in [0.1, 0.15) is 116 Å². The van der Waals surface area contributed by atoms with Crippen LogP contribution in [-0.2, 0) is 68.7 Å². The van der Waals surface area contributed by atoms with Gasteiger partial charge in [0.15, 0.2) is 23.9 Å². The number of halogens is 3. The number of amides is 9. The van der Waals surface area contributed by atoms with Crippen molar-refractivity contribution in [2.75, 3.05) is 26.1 Å². The first-order valence-electron chi connectivity index (χ1n) is 38.2. The number of aromatic nitrogens is 1. The van der Waals surface area contributed by atoms with E-state index in [-0.39, 0.29) is 52.8 Å². The van der Waals surface area contributed by atoms with Crippen LogP contribution in [0.3, 0.4) is 0 Å². The number of phenolic OH excluding ortho intramolecular Hbond substituents is 3. The Morgan fingerprint density at radius 3 is 2.00 bits per heavy atom. The summed E-state index contributed by atoms with van der Waals surface area (Å²) in [6, 6.07) is 8.21. The number of aliphatic hydroxyl groups is 6. The zero-order valence-corrected chi connectivity index (χ0v) is 68.1. The number of nitrogens with one attached hydrogen (secondary N) is 10. The lowest BCUT2D eigenvalue weighted by Gasteiger charge is -2.48. The minimum absolute atomic E-state index is 0.00869. The highest BCUT2D eigenvalue weighted by Gasteiger charge is 2.52. The number of pyridine rings is 1. The largest absolute Gasteiger partial charge is 0.508 e. The Kier molecular flexibility index (Phi) is 28.3. The second kappa shape index (κ2) is 38.4. The molecule has 8 heterocycles. The molecule has 0 spiro atoms. The fourth-order valence-electron chi connectivity index (χ4n) is 14.7. The number of anilines is 1. The topological polar surface area (TPSA) is 560 Å². The molecule has 2 saturated heterocycles. The number of carbonyl (C=O) groups excluding carboxylic acids is 9. The number of hydrogen-bond acceptors (Lipinski definition) is 28. The zero-order chi connectivity index (χ0) is 88.0. The monoisotopic (exact) mass is 1750 g/mol. The maximum absolute atomic E-state index is 16.3. The van der Waals surface area contributed by atoms with Crippen molar-refractivity contribution >= 4 is 99.7 Å². The van der Waals surface area contributed by atoms with Crippen LogP contribution < -0.4 is 73.3 Å². The SMILES string of the molecule is CNC(CC(C)C)C(=O)NC1C(=O)NC(CC(N)=O)C(=O)NC2C(=O)NC3C(=O)NC(C(=O)NC(C(=O)NOC)c4cc(O)cc(O)c4-c4cc3ccc4O)C(O)c3ccc(c(Cl)c3)Oc3cc2cc(c3OC2OC(CO)C(O)C(O)C2OC2CC(C)(NCc3cncc(NC(=O)/C=C/c4ccc(Cl)cc4)c3)C(O)C(C)O2)Oc2ccc(cc2Cl)C1O. The predicted octanol–water partition coefficient (Wildman–Crippen LogP) is 3.23. The Morgan fingerprint density at radius 2 is 1.36 bits per heavy atom. The minimum Gasteiger partial charge on any atom is -0.508 e. The molecule has 648 valence electrons. The normalized spacial score (nSPS) is 26.3. The van der Waals surface area contributed by atoms with Gasteiger partial charge in [-0.2, -0.15) is 0 Å². The van der Waals surface area contributed by atoms with Crippen molar-refractivity contribution in [3.05, 3.63) is 182 Å². The molecule has 0 radical (unpaired) electrons. The number of phenols is 3. The van der Waals surface area contributed by atoms with Crippen LogP contribution in [-0.4, -0.2) is 204 Å². The highest BCUT2D eigenvalue weighted by Crippen LogP contribution is 2.50. The van der Waals surface area contributed by atoms with E-state index in [1.807, 2.05) is 13.8 Å². The number of benzene rings is 6. The molecule has 7 aliphatic rings. The van der Waals surface area contributed by atoms with E-state index in [0.717, 1.165) is 73.8 Å². The number of rotatable bonds is 20. The molecule has 40 heteroatoms. The lowest BCUT2D eigenvalue weighted by molar-refractivity contribution is -0.334. The third-order valence-electron chi connectivity index (χ3n) is 21.0. The van der Waals surface area contributed by atoms with E-state index < -0.39 is 243 Å². The van der Waals surface area contributed by atoms with Crippen LogP contribution in [0.4, 0.5) is 5.69 Å². The van der Waals surface area contributed by atoms with Crippen LogP contribution in [0.5, 0.6) is 46.0 Å². The number of nitrogens with zero attached hydrogens (tertiary/aromatic N) is 1. The number of aliphatic hydroxyl groups excluding tert-OH is 6. The van der Waals surface area contributed by atoms with E-state index in [9.17, 15) is 65.1 Å². The van der Waals surface area contributed by atoms with E-state index in [1.54, 1.807) is 43.3 Å². The second-order valence-electron chi connectivity index (χ2n) is 30.3. The Hall–Kier alpha value is -11.4. The smallest absolute Gasteiger partial charge is 0.270 e. The van der Waals surface area contributed by atoms with Crippen molar-refractivity contribution < 1.29 is 122 Å². The molecule has 11 bridgehead atoms. The first-order chi connectivity index (χ1) is 58.0. The maximum atomic E-state index is 16.3. The summed E-state index contributed by atoms with van der Waals surface area (Å²) in [6.07, 6.45) is -13.3. The van der Waals surface area contributed by atoms with E-state index in [0.29, 0.717) is 21.8 Å². The van der Waals surface area contributed by atoms with E-state index in [2.05, 4.69) is 58.3 Å². The summed E-state index contributed by atoms with van der Waals surface area (Å²) >= 11 is 20.4. The van der Waals surface area contributed by atoms with Crippen molar-refractivity contribution in [1.29, 1.82) is 0 Å². The van der Waals surface area contributed by atoms with Gasteiger partial charge in [-0.05, 0) is 151 Å². The molecule has 21 N–H and O–H groups in total. The van der Waals surface area contributed by atoms with Gasteiger partial charge in [-0.25, -0.2) is 5.48 Å². The Morgan fingerprint density at radius 1 is 0.713 bits per heavy atom. The van der Waals surface area contributed by atoms with Crippen molar-refractivity contribution in [3.8, 4) is 57.1 Å². The van der Waals surface area contributed by atoms with E-state index in [1.165, 1.54) is 44.6 Å². The molecule has 7 aromatic rings. The number of nitrogens with two attached hydrogens (primary N) is 1. The number of primary amides is 1. The molecule has 122 heavy (non-hydrogen) atoms. The lowest BCUT2D eigenvalue weighted by Crippen LogP contribution is -2.65. The molecule has 0 aliphatic carbocycles. The zero-order valence-electron chi connectivity index (χ0n) is 65.8. The quantitative estimate of drug-likeness (QED) is 0.0385. The molecule has 6 aromatic carbocycles. The molecule has 0 saturated carbocycles. The fourth-order valence-corrected chi connectivity index (χ4v) is 15.3. The highest BCUT2D eigenvalue weighted by molar-refractivity contribution is 6.32. The summed E-state index contributed by atoms with van der Waals surface area (Å²) in [5.74, 6) is -15.8. The molecular formula is C82H89Cl3N12O25. The summed E-state index contributed by atoms with van der Waals surface area (Å²) in [5, 5.41) is 130. The number of hydrogen-bond donors (Lipinski definition) is 20. The maximum Gasteiger partial charge on any atom is 0.270 e. The molecule has 7 aliphatic heterocycles. The molecule has 2 fully saturated rings. The molecule has 9 amide bonds. The van der Waals surface area contributed by atoms with E-state index in [4.69, 9.17) is 73.8 Å². The molecule has 14 rings (SSSR count). The summed E-state index contributed by atoms with van der Waals surface area (Å²) in [7, 11) is 2.51. The average molecular weight is 1750 g/mol. The van der Waals surface area contributed by atoms with Crippen LogP contribution in [0.2, 0.25) is 15.1 Å². The number of fused-ring (bicyclic) bond motifs is 15. The van der Waals surface area contributed by atoms with Gasteiger partial charge in [-0.1, -0.05) is 79.0 Å². The summed E-state index contributed by atoms with van der Waals surface area (Å²) in [5.41, 5.74) is 5.47. The van der Waals surface area contributed by atoms with Crippen molar-refractivity contribution in [2.45, 2.75) is 163 Å². The number of ether oxygens (including phenoxy) is 6. The van der Waals surface area contributed by atoms with Crippen molar-refractivity contribution in [1.82, 2.24) is 53.0 Å². The Labute approximate surface area is 710 Å². The van der Waals surface area contributed by atoms with Crippen LogP contribution in [0.25, 0.3) is 17.2 Å². The molecule has 18 unspecified atom stereocenters. The van der Waals surface area contributed by atoms with Gasteiger partial charge < -0.3 is 128 Å². The summed E-state index contributed by atoms with van der Waals surface area (Å²) in [6.45, 7) is 5.81. The van der Waals surface area contributed by atoms with Crippen molar-refractivity contribution in [3.63, 3.8) is 0 Å². The molecule has 1 aromatic heterocycles.